The summed E-state index contributed by atoms with van der Waals surface area (Å²) in [5.74, 6) is 0.954. The first-order valence-corrected chi connectivity index (χ1v) is 9.83. The van der Waals surface area contributed by atoms with Gasteiger partial charge in [0.15, 0.2) is 0 Å². The maximum Gasteiger partial charge on any atom is 0.138 e. The number of nitrogens with zero attached hydrogens (tertiary/aromatic N) is 4. The number of hydrogen-bond acceptors (Lipinski definition) is 6. The summed E-state index contributed by atoms with van der Waals surface area (Å²) in [5, 5.41) is 21.5. The van der Waals surface area contributed by atoms with Gasteiger partial charge in [0, 0.05) is 19.6 Å². The summed E-state index contributed by atoms with van der Waals surface area (Å²) < 4.78 is 9.02. The zero-order valence-electron chi connectivity index (χ0n) is 14.9. The van der Waals surface area contributed by atoms with E-state index in [9.17, 15) is 5.11 Å². The van der Waals surface area contributed by atoms with Crippen LogP contribution in [0.25, 0.3) is 21.3 Å². The molecule has 1 N–H and O–H groups in total. The van der Waals surface area contributed by atoms with Crippen LogP contribution >= 0.6 is 11.3 Å². The maximum absolute atomic E-state index is 10.3. The van der Waals surface area contributed by atoms with Crippen molar-refractivity contribution >= 4 is 32.6 Å². The Labute approximate surface area is 156 Å². The number of rotatable bonds is 4. The molecule has 6 nitrogen and oxygen atoms in total. The van der Waals surface area contributed by atoms with Crippen LogP contribution in [0.1, 0.15) is 50.6 Å². The van der Waals surface area contributed by atoms with E-state index >= 15 is 0 Å². The van der Waals surface area contributed by atoms with Gasteiger partial charge in [0.1, 0.15) is 17.4 Å². The van der Waals surface area contributed by atoms with Crippen molar-refractivity contribution in [1.82, 2.24) is 14.5 Å². The number of ether oxygens (including phenoxy) is 1. The predicted molar refractivity (Wildman–Crippen MR) is 101 cm³/mol. The van der Waals surface area contributed by atoms with E-state index in [0.717, 1.165) is 40.5 Å². The summed E-state index contributed by atoms with van der Waals surface area (Å²) in [6.07, 6.45) is 4.42. The number of pyridine rings is 1. The lowest BCUT2D eigenvalue weighted by molar-refractivity contribution is 0.00807. The minimum Gasteiger partial charge on any atom is -0.385 e. The normalized spacial score (nSPS) is 24.8. The van der Waals surface area contributed by atoms with E-state index in [2.05, 4.69) is 20.6 Å². The third kappa shape index (κ3) is 2.78. The molecule has 0 radical (unpaired) electrons. The van der Waals surface area contributed by atoms with Gasteiger partial charge in [-0.3, -0.25) is 4.98 Å². The number of methoxy groups -OCH3 is 1. The maximum atomic E-state index is 10.3. The van der Waals surface area contributed by atoms with Crippen molar-refractivity contribution in [3.63, 3.8) is 0 Å². The largest absolute Gasteiger partial charge is 0.385 e. The molecule has 1 aliphatic rings. The number of aliphatic hydroxyl groups excluding tert-OH is 1. The van der Waals surface area contributed by atoms with Crippen molar-refractivity contribution in [2.75, 3.05) is 7.11 Å². The Kier molecular flexibility index (Phi) is 4.65. The van der Waals surface area contributed by atoms with Gasteiger partial charge in [-0.2, -0.15) is 5.26 Å². The third-order valence-corrected chi connectivity index (χ3v) is 6.36. The minimum atomic E-state index is -0.657. The Hall–Kier alpha value is -2.01. The van der Waals surface area contributed by atoms with Gasteiger partial charge in [0.25, 0.3) is 0 Å². The standard InChI is InChI=1S/C19H22N4O2S/c1-11(24)19-22-15-10-21-14-6-8-26-18(14)17(15)23(19)13-4-3-12(5-7-20)16(9-13)25-2/h6,8,10-13,16,24H,3-5,9H2,1-2H3/t11-,12+,13-,16-/m1/s1. The molecule has 1 aliphatic carbocycles. The molecule has 3 aromatic heterocycles. The molecule has 0 saturated heterocycles. The predicted octanol–water partition coefficient (Wildman–Crippen LogP) is 3.97. The lowest BCUT2D eigenvalue weighted by Crippen LogP contribution is -2.33. The van der Waals surface area contributed by atoms with Crippen LogP contribution in [0.15, 0.2) is 17.6 Å². The number of aromatic nitrogens is 3. The molecule has 0 bridgehead atoms. The van der Waals surface area contributed by atoms with Crippen LogP contribution in [0, 0.1) is 17.2 Å². The molecule has 136 valence electrons. The molecule has 1 fully saturated rings. The van der Waals surface area contributed by atoms with Crippen LogP contribution in [0.5, 0.6) is 0 Å². The van der Waals surface area contributed by atoms with Crippen LogP contribution in [-0.4, -0.2) is 32.9 Å². The number of hydrogen-bond donors (Lipinski definition) is 1. The zero-order chi connectivity index (χ0) is 18.3. The fourth-order valence-electron chi connectivity index (χ4n) is 4.21. The van der Waals surface area contributed by atoms with E-state index in [1.54, 1.807) is 31.6 Å². The molecule has 0 aromatic carbocycles. The molecule has 7 heteroatoms. The molecule has 0 spiro atoms. The van der Waals surface area contributed by atoms with Gasteiger partial charge in [-0.25, -0.2) is 4.98 Å². The van der Waals surface area contributed by atoms with E-state index in [-0.39, 0.29) is 18.1 Å². The highest BCUT2D eigenvalue weighted by Gasteiger charge is 2.34. The van der Waals surface area contributed by atoms with Crippen molar-refractivity contribution < 1.29 is 9.84 Å². The molecule has 1 saturated carbocycles. The lowest BCUT2D eigenvalue weighted by atomic mass is 9.81. The summed E-state index contributed by atoms with van der Waals surface area (Å²) in [7, 11) is 1.72. The summed E-state index contributed by atoms with van der Waals surface area (Å²) in [4.78, 5) is 9.18. The first kappa shape index (κ1) is 17.4. The SMILES string of the molecule is CO[C@@H]1C[C@H](n2c([C@@H](C)O)nc3cnc4ccsc4c32)CC[C@H]1CC#N. The van der Waals surface area contributed by atoms with Gasteiger partial charge in [-0.05, 0) is 43.6 Å². The van der Waals surface area contributed by atoms with Gasteiger partial charge in [0.05, 0.1) is 34.1 Å². The monoisotopic (exact) mass is 370 g/mol. The molecule has 0 amide bonds. The average molecular weight is 370 g/mol. The number of nitriles is 1. The second-order valence-electron chi connectivity index (χ2n) is 7.01. The van der Waals surface area contributed by atoms with Crippen LogP contribution < -0.4 is 0 Å². The van der Waals surface area contributed by atoms with E-state index in [4.69, 9.17) is 10.00 Å². The van der Waals surface area contributed by atoms with Crippen LogP contribution in [-0.2, 0) is 4.74 Å². The molecule has 0 aliphatic heterocycles. The van der Waals surface area contributed by atoms with Gasteiger partial charge in [0.2, 0.25) is 0 Å². The highest BCUT2D eigenvalue weighted by atomic mass is 32.1. The fourth-order valence-corrected chi connectivity index (χ4v) is 5.09. The molecule has 0 unspecified atom stereocenters. The number of thiophene rings is 1. The first-order valence-electron chi connectivity index (χ1n) is 8.95. The molecule has 26 heavy (non-hydrogen) atoms. The van der Waals surface area contributed by atoms with Crippen molar-refractivity contribution in [2.45, 2.75) is 50.9 Å². The molecule has 3 heterocycles. The average Bonchev–Trinajstić information content (AvgIpc) is 3.26. The van der Waals surface area contributed by atoms with Crippen molar-refractivity contribution in [3.8, 4) is 6.07 Å². The smallest absolute Gasteiger partial charge is 0.138 e. The van der Waals surface area contributed by atoms with E-state index in [1.807, 2.05) is 11.4 Å². The molecular weight excluding hydrogens is 348 g/mol. The van der Waals surface area contributed by atoms with Crippen molar-refractivity contribution in [1.29, 1.82) is 5.26 Å². The first-order chi connectivity index (χ1) is 12.6. The van der Waals surface area contributed by atoms with Crippen LogP contribution in [0.3, 0.4) is 0 Å². The Bertz CT molecular complexity index is 971. The Balaban J connectivity index is 1.83. The van der Waals surface area contributed by atoms with Crippen LogP contribution in [0.4, 0.5) is 0 Å². The van der Waals surface area contributed by atoms with Gasteiger partial charge in [-0.1, -0.05) is 0 Å². The molecular formula is C19H22N4O2S. The number of aliphatic hydroxyl groups is 1. The van der Waals surface area contributed by atoms with E-state index in [0.29, 0.717) is 12.2 Å². The van der Waals surface area contributed by atoms with E-state index < -0.39 is 6.10 Å². The quantitative estimate of drug-likeness (QED) is 0.751. The molecule has 4 atom stereocenters. The summed E-state index contributed by atoms with van der Waals surface area (Å²) in [6, 6.07) is 4.49. The highest BCUT2D eigenvalue weighted by molar-refractivity contribution is 7.18. The Morgan fingerprint density at radius 2 is 2.31 bits per heavy atom. The van der Waals surface area contributed by atoms with Crippen molar-refractivity contribution in [3.05, 3.63) is 23.5 Å². The second kappa shape index (κ2) is 6.95. The number of imidazole rings is 1. The summed E-state index contributed by atoms with van der Waals surface area (Å²) in [6.45, 7) is 1.76. The van der Waals surface area contributed by atoms with E-state index in [1.165, 1.54) is 0 Å². The Morgan fingerprint density at radius 3 is 3.04 bits per heavy atom. The van der Waals surface area contributed by atoms with Crippen LogP contribution in [0.2, 0.25) is 0 Å². The second-order valence-corrected chi connectivity index (χ2v) is 7.92. The van der Waals surface area contributed by atoms with Gasteiger partial charge < -0.3 is 14.4 Å². The fraction of sp³-hybridized carbons (Fsp3) is 0.526. The third-order valence-electron chi connectivity index (χ3n) is 5.45. The molecule has 4 rings (SSSR count). The van der Waals surface area contributed by atoms with Gasteiger partial charge >= 0.3 is 0 Å². The lowest BCUT2D eigenvalue weighted by Gasteiger charge is -2.36. The topological polar surface area (TPSA) is 84.0 Å². The van der Waals surface area contributed by atoms with Crippen molar-refractivity contribution in [2.24, 2.45) is 5.92 Å². The zero-order valence-corrected chi connectivity index (χ0v) is 15.7. The minimum absolute atomic E-state index is 0.0494. The molecule has 3 aromatic rings. The Morgan fingerprint density at radius 1 is 1.46 bits per heavy atom. The highest BCUT2D eigenvalue weighted by Crippen LogP contribution is 2.40. The summed E-state index contributed by atoms with van der Waals surface area (Å²) >= 11 is 1.66. The van der Waals surface area contributed by atoms with Gasteiger partial charge in [-0.15, -0.1) is 11.3 Å². The summed E-state index contributed by atoms with van der Waals surface area (Å²) in [5.41, 5.74) is 2.84. The number of fused-ring (bicyclic) bond motifs is 3.